The van der Waals surface area contributed by atoms with Gasteiger partial charge in [0.25, 0.3) is 5.91 Å². The minimum absolute atomic E-state index is 0.0392. The number of carbonyl (C=O) groups excluding carboxylic acids is 1. The van der Waals surface area contributed by atoms with Crippen LogP contribution in [0, 0.1) is 13.8 Å². The summed E-state index contributed by atoms with van der Waals surface area (Å²) in [5.74, 6) is 0.961. The highest BCUT2D eigenvalue weighted by atomic mass is 16.2. The van der Waals surface area contributed by atoms with E-state index in [4.69, 9.17) is 0 Å². The molecule has 1 aliphatic heterocycles. The molecule has 3 heterocycles. The molecule has 0 N–H and O–H groups in total. The van der Waals surface area contributed by atoms with E-state index in [1.54, 1.807) is 23.3 Å². The van der Waals surface area contributed by atoms with Gasteiger partial charge in [-0.15, -0.1) is 0 Å². The zero-order valence-electron chi connectivity index (χ0n) is 14.0. The summed E-state index contributed by atoms with van der Waals surface area (Å²) in [4.78, 5) is 25.7. The van der Waals surface area contributed by atoms with Crippen molar-refractivity contribution in [1.29, 1.82) is 0 Å². The highest BCUT2D eigenvalue weighted by Crippen LogP contribution is 2.21. The maximum absolute atomic E-state index is 12.6. The standard InChI is InChI=1S/C16H22N6O/c1-11-7-17-13(3)15(19-11)21-5-6-22(12(2)9-21)16(23)14-8-18-20(4)10-14/h7-8,10,12H,5-6,9H2,1-4H3. The van der Waals surface area contributed by atoms with Crippen molar-refractivity contribution >= 4 is 11.7 Å². The summed E-state index contributed by atoms with van der Waals surface area (Å²) >= 11 is 0. The number of aromatic nitrogens is 4. The molecule has 1 fully saturated rings. The van der Waals surface area contributed by atoms with Gasteiger partial charge in [0, 0.05) is 45.1 Å². The minimum atomic E-state index is 0.0392. The van der Waals surface area contributed by atoms with Gasteiger partial charge in [0.1, 0.15) is 5.82 Å². The molecule has 7 heteroatoms. The van der Waals surface area contributed by atoms with Crippen LogP contribution in [0.5, 0.6) is 0 Å². The molecule has 2 aromatic heterocycles. The number of hydrogen-bond donors (Lipinski definition) is 0. The van der Waals surface area contributed by atoms with Gasteiger partial charge in [-0.25, -0.2) is 4.98 Å². The normalized spacial score (nSPS) is 18.3. The van der Waals surface area contributed by atoms with Crippen LogP contribution >= 0.6 is 0 Å². The van der Waals surface area contributed by atoms with Crippen molar-refractivity contribution in [1.82, 2.24) is 24.6 Å². The molecule has 1 amide bonds. The Bertz CT molecular complexity index is 725. The van der Waals surface area contributed by atoms with Gasteiger partial charge in [-0.2, -0.15) is 5.10 Å². The molecule has 1 saturated heterocycles. The molecule has 0 bridgehead atoms. The molecule has 1 unspecified atom stereocenters. The van der Waals surface area contributed by atoms with Crippen LogP contribution in [-0.2, 0) is 7.05 Å². The zero-order valence-corrected chi connectivity index (χ0v) is 14.0. The average molecular weight is 314 g/mol. The topological polar surface area (TPSA) is 67.2 Å². The van der Waals surface area contributed by atoms with Crippen LogP contribution in [0.3, 0.4) is 0 Å². The Balaban J connectivity index is 1.74. The van der Waals surface area contributed by atoms with Gasteiger partial charge in [0.15, 0.2) is 0 Å². The SMILES string of the molecule is Cc1cnc(C)c(N2CCN(C(=O)c3cnn(C)c3)C(C)C2)n1. The molecular formula is C16H22N6O. The second-order valence-corrected chi connectivity index (χ2v) is 6.12. The first-order chi connectivity index (χ1) is 11.0. The Morgan fingerprint density at radius 1 is 1.26 bits per heavy atom. The van der Waals surface area contributed by atoms with Gasteiger partial charge in [-0.3, -0.25) is 14.5 Å². The number of nitrogens with zero attached hydrogens (tertiary/aromatic N) is 6. The predicted octanol–water partition coefficient (Wildman–Crippen LogP) is 1.18. The van der Waals surface area contributed by atoms with Crippen molar-refractivity contribution in [2.75, 3.05) is 24.5 Å². The number of hydrogen-bond acceptors (Lipinski definition) is 5. The van der Waals surface area contributed by atoms with Crippen molar-refractivity contribution in [3.8, 4) is 0 Å². The molecular weight excluding hydrogens is 292 g/mol. The summed E-state index contributed by atoms with van der Waals surface area (Å²) in [5, 5.41) is 4.08. The van der Waals surface area contributed by atoms with E-state index in [0.717, 1.165) is 30.3 Å². The van der Waals surface area contributed by atoms with Gasteiger partial charge in [-0.05, 0) is 20.8 Å². The lowest BCUT2D eigenvalue weighted by Crippen LogP contribution is -2.54. The minimum Gasteiger partial charge on any atom is -0.351 e. The molecule has 1 aliphatic rings. The van der Waals surface area contributed by atoms with Crippen LogP contribution in [0.4, 0.5) is 5.82 Å². The van der Waals surface area contributed by atoms with Gasteiger partial charge >= 0.3 is 0 Å². The number of piperazine rings is 1. The highest BCUT2D eigenvalue weighted by Gasteiger charge is 2.30. The first-order valence-corrected chi connectivity index (χ1v) is 7.80. The second-order valence-electron chi connectivity index (χ2n) is 6.12. The second kappa shape index (κ2) is 5.98. The van der Waals surface area contributed by atoms with Crippen molar-refractivity contribution in [2.45, 2.75) is 26.8 Å². The van der Waals surface area contributed by atoms with E-state index >= 15 is 0 Å². The van der Waals surface area contributed by atoms with Gasteiger partial charge < -0.3 is 9.80 Å². The number of aryl methyl sites for hydroxylation is 3. The van der Waals surface area contributed by atoms with Gasteiger partial charge in [-0.1, -0.05) is 0 Å². The molecule has 0 saturated carbocycles. The van der Waals surface area contributed by atoms with Crippen molar-refractivity contribution in [3.63, 3.8) is 0 Å². The fourth-order valence-electron chi connectivity index (χ4n) is 2.97. The third kappa shape index (κ3) is 3.04. The van der Waals surface area contributed by atoms with E-state index in [0.29, 0.717) is 12.1 Å². The molecule has 0 aromatic carbocycles. The molecule has 23 heavy (non-hydrogen) atoms. The Kier molecular flexibility index (Phi) is 4.02. The van der Waals surface area contributed by atoms with Crippen molar-refractivity contribution in [2.24, 2.45) is 7.05 Å². The summed E-state index contributed by atoms with van der Waals surface area (Å²) in [6.45, 7) is 8.17. The van der Waals surface area contributed by atoms with E-state index < -0.39 is 0 Å². The molecule has 0 spiro atoms. The Hall–Kier alpha value is -2.44. The van der Waals surface area contributed by atoms with Gasteiger partial charge in [0.2, 0.25) is 0 Å². The van der Waals surface area contributed by atoms with Crippen LogP contribution in [-0.4, -0.2) is 56.2 Å². The van der Waals surface area contributed by atoms with Crippen molar-refractivity contribution in [3.05, 3.63) is 35.5 Å². The largest absolute Gasteiger partial charge is 0.351 e. The lowest BCUT2D eigenvalue weighted by Gasteiger charge is -2.40. The predicted molar refractivity (Wildman–Crippen MR) is 87.4 cm³/mol. The van der Waals surface area contributed by atoms with E-state index in [1.807, 2.05) is 25.8 Å². The zero-order chi connectivity index (χ0) is 16.6. The van der Waals surface area contributed by atoms with Crippen molar-refractivity contribution < 1.29 is 4.79 Å². The average Bonchev–Trinajstić information content (AvgIpc) is 2.95. The third-order valence-corrected chi connectivity index (χ3v) is 4.19. The Morgan fingerprint density at radius 2 is 2.04 bits per heavy atom. The first-order valence-electron chi connectivity index (χ1n) is 7.80. The molecule has 0 radical (unpaired) electrons. The smallest absolute Gasteiger partial charge is 0.257 e. The van der Waals surface area contributed by atoms with Crippen LogP contribution in [0.1, 0.15) is 28.7 Å². The summed E-state index contributed by atoms with van der Waals surface area (Å²) in [6, 6.07) is 0.109. The lowest BCUT2D eigenvalue weighted by atomic mass is 10.1. The molecule has 2 aromatic rings. The molecule has 122 valence electrons. The number of rotatable bonds is 2. The quantitative estimate of drug-likeness (QED) is 0.832. The van der Waals surface area contributed by atoms with Crippen LogP contribution in [0.2, 0.25) is 0 Å². The fraction of sp³-hybridized carbons (Fsp3) is 0.500. The summed E-state index contributed by atoms with van der Waals surface area (Å²) < 4.78 is 1.65. The van der Waals surface area contributed by atoms with Gasteiger partial charge in [0.05, 0.1) is 23.1 Å². The van der Waals surface area contributed by atoms with Crippen LogP contribution < -0.4 is 4.90 Å². The Morgan fingerprint density at radius 3 is 2.70 bits per heavy atom. The van der Waals surface area contributed by atoms with E-state index in [9.17, 15) is 4.79 Å². The van der Waals surface area contributed by atoms with E-state index in [1.165, 1.54) is 0 Å². The van der Waals surface area contributed by atoms with E-state index in [2.05, 4.69) is 26.9 Å². The Labute approximate surface area is 135 Å². The first kappa shape index (κ1) is 15.5. The molecule has 0 aliphatic carbocycles. The number of anilines is 1. The number of amides is 1. The maximum Gasteiger partial charge on any atom is 0.257 e. The summed E-state index contributed by atoms with van der Waals surface area (Å²) in [7, 11) is 1.82. The lowest BCUT2D eigenvalue weighted by molar-refractivity contribution is 0.0673. The maximum atomic E-state index is 12.6. The third-order valence-electron chi connectivity index (χ3n) is 4.19. The van der Waals surface area contributed by atoms with Crippen LogP contribution in [0.15, 0.2) is 18.6 Å². The van der Waals surface area contributed by atoms with E-state index in [-0.39, 0.29) is 11.9 Å². The fourth-order valence-corrected chi connectivity index (χ4v) is 2.97. The monoisotopic (exact) mass is 314 g/mol. The number of carbonyl (C=O) groups is 1. The molecule has 3 rings (SSSR count). The summed E-state index contributed by atoms with van der Waals surface area (Å²) in [5.41, 5.74) is 2.47. The van der Waals surface area contributed by atoms with Crippen LogP contribution in [0.25, 0.3) is 0 Å². The highest BCUT2D eigenvalue weighted by molar-refractivity contribution is 5.94. The molecule has 7 nitrogen and oxygen atoms in total. The molecule has 1 atom stereocenters. The summed E-state index contributed by atoms with van der Waals surface area (Å²) in [6.07, 6.45) is 5.17.